The Kier molecular flexibility index (Phi) is 15.2. The number of methoxy groups -OCH3 is 1. The molecule has 19 nitrogen and oxygen atoms in total. The lowest BCUT2D eigenvalue weighted by Crippen LogP contribution is -2.67. The van der Waals surface area contributed by atoms with Crippen LogP contribution in [0.25, 0.3) is 0 Å². The van der Waals surface area contributed by atoms with E-state index in [0.717, 1.165) is 0 Å². The summed E-state index contributed by atoms with van der Waals surface area (Å²) in [6.07, 6.45) is -13.2. The minimum absolute atomic E-state index is 0.0624. The third-order valence-corrected chi connectivity index (χ3v) is 7.23. The second kappa shape index (κ2) is 17.5. The molecule has 0 aromatic carbocycles. The molecule has 1 unspecified atom stereocenters. The van der Waals surface area contributed by atoms with Gasteiger partial charge in [-0.25, -0.2) is 0 Å². The first-order valence-electron chi connectivity index (χ1n) is 13.9. The molecule has 0 aliphatic carbocycles. The molecule has 14 atom stereocenters. The van der Waals surface area contributed by atoms with E-state index in [9.17, 15) is 50.1 Å². The summed E-state index contributed by atoms with van der Waals surface area (Å²) in [5.74, 6) is -1.34. The van der Waals surface area contributed by atoms with Gasteiger partial charge in [-0.15, -0.1) is 0 Å². The Hall–Kier alpha value is -2.11. The van der Waals surface area contributed by atoms with Crippen molar-refractivity contribution < 1.29 is 78.9 Å². The summed E-state index contributed by atoms with van der Waals surface area (Å²) in [4.78, 5) is 33.7. The zero-order valence-corrected chi connectivity index (χ0v) is 24.8. The fourth-order valence-electron chi connectivity index (χ4n) is 5.09. The minimum Gasteiger partial charge on any atom is -0.394 e. The van der Waals surface area contributed by atoms with Crippen molar-refractivity contribution in [2.75, 3.05) is 33.5 Å². The number of amides is 3. The number of carbonyl (C=O) groups excluding carboxylic acids is 3. The van der Waals surface area contributed by atoms with E-state index < -0.39 is 117 Å². The zero-order valence-electron chi connectivity index (χ0n) is 24.8. The van der Waals surface area contributed by atoms with E-state index >= 15 is 0 Å². The van der Waals surface area contributed by atoms with Crippen molar-refractivity contribution in [3.63, 3.8) is 0 Å². The Morgan fingerprint density at radius 2 is 1.23 bits per heavy atom. The van der Waals surface area contributed by atoms with Crippen LogP contribution < -0.4 is 16.0 Å². The fourth-order valence-corrected chi connectivity index (χ4v) is 5.09. The maximum Gasteiger partial charge on any atom is 0.217 e. The molecule has 0 radical (unpaired) electrons. The summed E-state index contributed by atoms with van der Waals surface area (Å²) in [6.45, 7) is 2.12. The highest BCUT2D eigenvalue weighted by Gasteiger charge is 2.49. The van der Waals surface area contributed by atoms with Crippen LogP contribution in [0.3, 0.4) is 0 Å². The van der Waals surface area contributed by atoms with Gasteiger partial charge in [0.05, 0.1) is 32.5 Å². The monoisotopic (exact) mass is 643 g/mol. The number of nitrogens with one attached hydrogen (secondary N) is 3. The van der Waals surface area contributed by atoms with Gasteiger partial charge in [0.15, 0.2) is 12.6 Å². The molecule has 11 N–H and O–H groups in total. The van der Waals surface area contributed by atoms with Crippen LogP contribution in [-0.2, 0) is 38.1 Å². The molecule has 19 heteroatoms. The van der Waals surface area contributed by atoms with Gasteiger partial charge < -0.3 is 80.5 Å². The van der Waals surface area contributed by atoms with Crippen LogP contribution in [-0.4, -0.2) is 178 Å². The summed E-state index contributed by atoms with van der Waals surface area (Å²) in [6, 6.07) is -3.01. The normalized spacial score (nSPS) is 40.6. The van der Waals surface area contributed by atoms with Crippen molar-refractivity contribution in [1.82, 2.24) is 16.0 Å². The van der Waals surface area contributed by atoms with Crippen LogP contribution in [0.4, 0.5) is 0 Å². The van der Waals surface area contributed by atoms with Gasteiger partial charge in [0.1, 0.15) is 67.0 Å². The SMILES string of the molecule is CC(=O)N[C@H]1[C@H](O[C@H]2[C@H](O)[C@@H](NC(C)=O)CO[C@@H]2CO)O[C@H](CO)[C@@H](O)[C@@H]1O.CO[C@H]1[C@H](O)[C@@H](NC(C)=O)C(O)O[C@@H]1CO. The first-order chi connectivity index (χ1) is 20.7. The number of ether oxygens (including phenoxy) is 5. The Balaban J connectivity index is 0.000000358. The van der Waals surface area contributed by atoms with Crippen molar-refractivity contribution in [2.24, 2.45) is 0 Å². The predicted molar refractivity (Wildman–Crippen MR) is 143 cm³/mol. The molecular formula is C25H45N3O16. The quantitative estimate of drug-likeness (QED) is 0.111. The number of hydrogen-bond donors (Lipinski definition) is 11. The van der Waals surface area contributed by atoms with Gasteiger partial charge in [-0.05, 0) is 0 Å². The molecule has 0 bridgehead atoms. The Labute approximate surface area is 253 Å². The predicted octanol–water partition coefficient (Wildman–Crippen LogP) is -6.85. The zero-order chi connectivity index (χ0) is 33.3. The molecule has 0 aromatic rings. The summed E-state index contributed by atoms with van der Waals surface area (Å²) >= 11 is 0. The molecule has 3 heterocycles. The van der Waals surface area contributed by atoms with Gasteiger partial charge in [0.25, 0.3) is 0 Å². The molecule has 3 rings (SSSR count). The first kappa shape index (κ1) is 38.1. The summed E-state index contributed by atoms with van der Waals surface area (Å²) in [5, 5.41) is 85.5. The number of carbonyl (C=O) groups is 3. The smallest absolute Gasteiger partial charge is 0.217 e. The van der Waals surface area contributed by atoms with E-state index in [-0.39, 0.29) is 13.2 Å². The summed E-state index contributed by atoms with van der Waals surface area (Å²) < 4.78 is 26.6. The Bertz CT molecular complexity index is 932. The highest BCUT2D eigenvalue weighted by atomic mass is 16.7. The maximum absolute atomic E-state index is 11.5. The molecule has 3 aliphatic rings. The van der Waals surface area contributed by atoms with Gasteiger partial charge in [-0.1, -0.05) is 0 Å². The third kappa shape index (κ3) is 9.69. The van der Waals surface area contributed by atoms with Gasteiger partial charge in [-0.2, -0.15) is 0 Å². The van der Waals surface area contributed by atoms with E-state index in [1.165, 1.54) is 27.9 Å². The average molecular weight is 644 g/mol. The van der Waals surface area contributed by atoms with E-state index in [1.54, 1.807) is 0 Å². The standard InChI is InChI=1S/C16H28N2O10.C9H17NO6/c1-6(21)17-8-5-26-10(4-20)15(12(8)23)28-16-11(18-7(2)22)14(25)13(24)9(3-19)27-16;1-4(12)10-6-7(13)8(15-2)5(3-11)16-9(6)14/h8-16,19-20,23-25H,3-5H2,1-2H3,(H,17,21)(H,18,22);5-9,11,13-14H,3H2,1-2H3,(H,10,12)/t8-,9+,10+,11+,12+,13+,14+,15+,16-;5-,6-,7-,8-,9?/m01/s1. The highest BCUT2D eigenvalue weighted by molar-refractivity contribution is 5.74. The van der Waals surface area contributed by atoms with Crippen LogP contribution in [0.1, 0.15) is 20.8 Å². The molecule has 44 heavy (non-hydrogen) atoms. The van der Waals surface area contributed by atoms with Crippen LogP contribution >= 0.6 is 0 Å². The summed E-state index contributed by atoms with van der Waals surface area (Å²) in [7, 11) is 1.35. The minimum atomic E-state index is -1.53. The highest BCUT2D eigenvalue weighted by Crippen LogP contribution is 2.27. The summed E-state index contributed by atoms with van der Waals surface area (Å²) in [5.41, 5.74) is 0. The Morgan fingerprint density at radius 3 is 1.73 bits per heavy atom. The lowest BCUT2D eigenvalue weighted by Gasteiger charge is -2.46. The van der Waals surface area contributed by atoms with Crippen molar-refractivity contribution >= 4 is 17.7 Å². The molecule has 3 amide bonds. The number of aliphatic hydroxyl groups is 8. The topological polar surface area (TPSA) is 295 Å². The second-order valence-electron chi connectivity index (χ2n) is 10.6. The lowest BCUT2D eigenvalue weighted by molar-refractivity contribution is -0.309. The van der Waals surface area contributed by atoms with Gasteiger partial charge in [-0.3, -0.25) is 14.4 Å². The number of aliphatic hydroxyl groups excluding tert-OH is 8. The number of hydrogen-bond acceptors (Lipinski definition) is 16. The van der Waals surface area contributed by atoms with Crippen molar-refractivity contribution in [2.45, 2.75) is 106 Å². The average Bonchev–Trinajstić information content (AvgIpc) is 2.96. The van der Waals surface area contributed by atoms with Gasteiger partial charge in [0, 0.05) is 27.9 Å². The second-order valence-corrected chi connectivity index (χ2v) is 10.6. The van der Waals surface area contributed by atoms with Crippen LogP contribution in [0, 0.1) is 0 Å². The lowest BCUT2D eigenvalue weighted by atomic mass is 9.95. The van der Waals surface area contributed by atoms with E-state index in [0.29, 0.717) is 0 Å². The first-order valence-corrected chi connectivity index (χ1v) is 13.9. The van der Waals surface area contributed by atoms with Crippen molar-refractivity contribution in [3.05, 3.63) is 0 Å². The van der Waals surface area contributed by atoms with Crippen LogP contribution in [0.2, 0.25) is 0 Å². The van der Waals surface area contributed by atoms with E-state index in [2.05, 4.69) is 16.0 Å². The third-order valence-electron chi connectivity index (χ3n) is 7.23. The molecule has 0 saturated carbocycles. The molecule has 0 spiro atoms. The molecule has 3 saturated heterocycles. The molecular weight excluding hydrogens is 598 g/mol. The maximum atomic E-state index is 11.5. The van der Waals surface area contributed by atoms with Crippen molar-refractivity contribution in [3.8, 4) is 0 Å². The van der Waals surface area contributed by atoms with Gasteiger partial charge in [0.2, 0.25) is 17.7 Å². The molecule has 3 aliphatic heterocycles. The molecule has 0 aromatic heterocycles. The fraction of sp³-hybridized carbons (Fsp3) is 0.880. The van der Waals surface area contributed by atoms with Crippen molar-refractivity contribution in [1.29, 1.82) is 0 Å². The van der Waals surface area contributed by atoms with Crippen LogP contribution in [0.15, 0.2) is 0 Å². The van der Waals surface area contributed by atoms with E-state index in [4.69, 9.17) is 28.8 Å². The van der Waals surface area contributed by atoms with E-state index in [1.807, 2.05) is 0 Å². The van der Waals surface area contributed by atoms with Gasteiger partial charge >= 0.3 is 0 Å². The largest absolute Gasteiger partial charge is 0.394 e. The Morgan fingerprint density at radius 1 is 0.682 bits per heavy atom. The molecule has 3 fully saturated rings. The molecule has 256 valence electrons. The van der Waals surface area contributed by atoms with Crippen LogP contribution in [0.5, 0.6) is 0 Å². The number of rotatable bonds is 9.